The molecule has 156 valence electrons. The SMILES string of the molecule is CC[C@@H](C)[C@@H](O[Si](C(C)C)(C(C)C)C(C)C)[C@H](C)COC(=O)C(C)(C)C. The van der Waals surface area contributed by atoms with Gasteiger partial charge in [-0.1, -0.05) is 68.7 Å². The molecule has 0 heterocycles. The van der Waals surface area contributed by atoms with Crippen LogP contribution in [0.1, 0.15) is 89.5 Å². The van der Waals surface area contributed by atoms with Crippen molar-refractivity contribution < 1.29 is 14.0 Å². The summed E-state index contributed by atoms with van der Waals surface area (Å²) in [5.41, 5.74) is 1.20. The van der Waals surface area contributed by atoms with Gasteiger partial charge >= 0.3 is 5.97 Å². The summed E-state index contributed by atoms with van der Waals surface area (Å²) in [6, 6.07) is 0. The molecule has 0 aliphatic carbocycles. The van der Waals surface area contributed by atoms with Crippen LogP contribution in [0.4, 0.5) is 0 Å². The summed E-state index contributed by atoms with van der Waals surface area (Å²) >= 11 is 0. The molecule has 0 fully saturated rings. The summed E-state index contributed by atoms with van der Waals surface area (Å²) in [5, 5.41) is 0. The van der Waals surface area contributed by atoms with Gasteiger partial charge in [-0.25, -0.2) is 0 Å². The average molecular weight is 387 g/mol. The minimum atomic E-state index is -1.97. The lowest BCUT2D eigenvalue weighted by molar-refractivity contribution is -0.155. The fourth-order valence-electron chi connectivity index (χ4n) is 4.19. The number of hydrogen-bond donors (Lipinski definition) is 0. The molecule has 26 heavy (non-hydrogen) atoms. The Labute approximate surface area is 164 Å². The predicted molar refractivity (Wildman–Crippen MR) is 115 cm³/mol. The van der Waals surface area contributed by atoms with Gasteiger partial charge in [0.2, 0.25) is 8.32 Å². The Morgan fingerprint density at radius 2 is 1.27 bits per heavy atom. The van der Waals surface area contributed by atoms with Crippen LogP contribution in [-0.2, 0) is 14.0 Å². The molecule has 0 aromatic heterocycles. The van der Waals surface area contributed by atoms with Crippen molar-refractivity contribution in [2.24, 2.45) is 17.3 Å². The summed E-state index contributed by atoms with van der Waals surface area (Å²) in [6.07, 6.45) is 1.20. The predicted octanol–water partition coefficient (Wildman–Crippen LogP) is 6.82. The van der Waals surface area contributed by atoms with E-state index in [0.717, 1.165) is 6.42 Å². The number of esters is 1. The molecule has 0 saturated carbocycles. The summed E-state index contributed by atoms with van der Waals surface area (Å²) in [7, 11) is -1.97. The molecule has 0 bridgehead atoms. The monoisotopic (exact) mass is 386 g/mol. The van der Waals surface area contributed by atoms with Crippen LogP contribution in [0.3, 0.4) is 0 Å². The number of hydrogen-bond acceptors (Lipinski definition) is 3. The lowest BCUT2D eigenvalue weighted by Crippen LogP contribution is -2.53. The summed E-state index contributed by atoms with van der Waals surface area (Å²) in [6.45, 7) is 26.7. The van der Waals surface area contributed by atoms with Gasteiger partial charge in [0.05, 0.1) is 18.1 Å². The van der Waals surface area contributed by atoms with Gasteiger partial charge < -0.3 is 9.16 Å². The second kappa shape index (κ2) is 10.3. The van der Waals surface area contributed by atoms with Crippen LogP contribution >= 0.6 is 0 Å². The summed E-state index contributed by atoms with van der Waals surface area (Å²) < 4.78 is 12.7. The quantitative estimate of drug-likeness (QED) is 0.305. The molecule has 0 unspecified atom stereocenters. The number of rotatable bonds is 10. The van der Waals surface area contributed by atoms with E-state index in [-0.39, 0.29) is 18.0 Å². The second-order valence-electron chi connectivity index (χ2n) is 10.1. The van der Waals surface area contributed by atoms with Crippen molar-refractivity contribution >= 4 is 14.3 Å². The Hall–Kier alpha value is -0.353. The highest BCUT2D eigenvalue weighted by atomic mass is 28.4. The van der Waals surface area contributed by atoms with Crippen LogP contribution < -0.4 is 0 Å². The first-order valence-electron chi connectivity index (χ1n) is 10.6. The van der Waals surface area contributed by atoms with Crippen LogP contribution in [-0.4, -0.2) is 27.0 Å². The van der Waals surface area contributed by atoms with E-state index in [1.165, 1.54) is 0 Å². The average Bonchev–Trinajstić information content (AvgIpc) is 2.50. The van der Waals surface area contributed by atoms with E-state index in [1.54, 1.807) is 0 Å². The Morgan fingerprint density at radius 1 is 0.846 bits per heavy atom. The lowest BCUT2D eigenvalue weighted by atomic mass is 9.92. The highest BCUT2D eigenvalue weighted by Gasteiger charge is 2.48. The van der Waals surface area contributed by atoms with Crippen molar-refractivity contribution in [2.75, 3.05) is 6.61 Å². The Bertz CT molecular complexity index is 402. The molecule has 0 saturated heterocycles. The maximum absolute atomic E-state index is 12.2. The van der Waals surface area contributed by atoms with Crippen LogP contribution in [0.15, 0.2) is 0 Å². The van der Waals surface area contributed by atoms with E-state index in [2.05, 4.69) is 62.3 Å². The largest absolute Gasteiger partial charge is 0.465 e. The standard InChI is InChI=1S/C22H46O3Si/c1-13-18(8)20(19(9)14-24-21(23)22(10,11)12)25-26(15(2)3,16(4)5)17(6)7/h15-20H,13-14H2,1-12H3/t18-,19-,20-/m1/s1. The molecule has 0 aromatic rings. The fourth-order valence-corrected chi connectivity index (χ4v) is 9.94. The van der Waals surface area contributed by atoms with Crippen molar-refractivity contribution in [1.82, 2.24) is 0 Å². The van der Waals surface area contributed by atoms with Gasteiger partial charge in [0.25, 0.3) is 0 Å². The molecule has 0 N–H and O–H groups in total. The zero-order valence-electron chi connectivity index (χ0n) is 19.6. The lowest BCUT2D eigenvalue weighted by Gasteiger charge is -2.47. The summed E-state index contributed by atoms with van der Waals surface area (Å²) in [5.74, 6) is 0.508. The van der Waals surface area contributed by atoms with Crippen molar-refractivity contribution in [3.8, 4) is 0 Å². The maximum Gasteiger partial charge on any atom is 0.311 e. The smallest absolute Gasteiger partial charge is 0.311 e. The number of carbonyl (C=O) groups is 1. The van der Waals surface area contributed by atoms with Gasteiger partial charge in [0.15, 0.2) is 0 Å². The fraction of sp³-hybridized carbons (Fsp3) is 0.955. The van der Waals surface area contributed by atoms with E-state index in [9.17, 15) is 4.79 Å². The van der Waals surface area contributed by atoms with E-state index in [4.69, 9.17) is 9.16 Å². The zero-order valence-corrected chi connectivity index (χ0v) is 20.6. The van der Waals surface area contributed by atoms with Gasteiger partial charge in [-0.15, -0.1) is 0 Å². The molecule has 0 radical (unpaired) electrons. The Balaban J connectivity index is 5.51. The Morgan fingerprint density at radius 3 is 1.58 bits per heavy atom. The highest BCUT2D eigenvalue weighted by molar-refractivity contribution is 6.77. The second-order valence-corrected chi connectivity index (χ2v) is 15.5. The zero-order chi connectivity index (χ0) is 20.9. The van der Waals surface area contributed by atoms with Gasteiger partial charge in [0.1, 0.15) is 0 Å². The molecule has 0 spiro atoms. The van der Waals surface area contributed by atoms with Crippen LogP contribution in [0.5, 0.6) is 0 Å². The van der Waals surface area contributed by atoms with Gasteiger partial charge in [-0.05, 0) is 43.3 Å². The normalized spacial score (nSPS) is 16.9. The molecule has 0 aliphatic heterocycles. The maximum atomic E-state index is 12.2. The van der Waals surface area contributed by atoms with E-state index < -0.39 is 13.7 Å². The first kappa shape index (κ1) is 25.6. The molecule has 3 nitrogen and oxygen atoms in total. The van der Waals surface area contributed by atoms with E-state index in [1.807, 2.05) is 20.8 Å². The van der Waals surface area contributed by atoms with Crippen molar-refractivity contribution in [3.05, 3.63) is 0 Å². The summed E-state index contributed by atoms with van der Waals surface area (Å²) in [4.78, 5) is 12.2. The molecular formula is C22H46O3Si. The number of ether oxygens (including phenoxy) is 1. The topological polar surface area (TPSA) is 35.5 Å². The first-order chi connectivity index (χ1) is 11.7. The Kier molecular flexibility index (Phi) is 10.1. The molecule has 3 atom stereocenters. The third-order valence-electron chi connectivity index (χ3n) is 5.90. The molecule has 4 heteroatoms. The van der Waals surface area contributed by atoms with Gasteiger partial charge in [-0.2, -0.15) is 0 Å². The van der Waals surface area contributed by atoms with Crippen LogP contribution in [0.25, 0.3) is 0 Å². The molecule has 0 amide bonds. The van der Waals surface area contributed by atoms with Gasteiger partial charge in [0, 0.05) is 5.92 Å². The third-order valence-corrected chi connectivity index (χ3v) is 12.0. The number of carbonyl (C=O) groups excluding carboxylic acids is 1. The van der Waals surface area contributed by atoms with Gasteiger partial charge in [-0.3, -0.25) is 4.79 Å². The minimum Gasteiger partial charge on any atom is -0.465 e. The first-order valence-corrected chi connectivity index (χ1v) is 12.7. The third kappa shape index (κ3) is 6.37. The van der Waals surface area contributed by atoms with E-state index in [0.29, 0.717) is 29.1 Å². The van der Waals surface area contributed by atoms with E-state index >= 15 is 0 Å². The minimum absolute atomic E-state index is 0.131. The van der Waals surface area contributed by atoms with Crippen molar-refractivity contribution in [3.63, 3.8) is 0 Å². The molecule has 0 aliphatic rings. The van der Waals surface area contributed by atoms with Crippen LogP contribution in [0, 0.1) is 17.3 Å². The highest BCUT2D eigenvalue weighted by Crippen LogP contribution is 2.44. The van der Waals surface area contributed by atoms with Crippen molar-refractivity contribution in [1.29, 1.82) is 0 Å². The molecule has 0 aromatic carbocycles. The molecule has 0 rings (SSSR count). The van der Waals surface area contributed by atoms with Crippen molar-refractivity contribution in [2.45, 2.75) is 112 Å². The molecular weight excluding hydrogens is 340 g/mol. The van der Waals surface area contributed by atoms with Crippen LogP contribution in [0.2, 0.25) is 16.6 Å².